The van der Waals surface area contributed by atoms with Crippen LogP contribution in [-0.2, 0) is 9.59 Å². The van der Waals surface area contributed by atoms with E-state index in [1.165, 1.54) is 12.1 Å². The molecule has 158 valence electrons. The minimum Gasteiger partial charge on any atom is -0.353 e. The number of benzene rings is 2. The van der Waals surface area contributed by atoms with Crippen LogP contribution >= 0.6 is 23.2 Å². The summed E-state index contributed by atoms with van der Waals surface area (Å²) in [5.41, 5.74) is 0.0102. The van der Waals surface area contributed by atoms with Crippen LogP contribution in [0, 0.1) is 11.6 Å². The zero-order valence-electron chi connectivity index (χ0n) is 15.3. The van der Waals surface area contributed by atoms with E-state index >= 15 is 0 Å². The number of halogens is 4. The largest absolute Gasteiger partial charge is 0.353 e. The summed E-state index contributed by atoms with van der Waals surface area (Å²) in [5, 5.41) is 8.02. The van der Waals surface area contributed by atoms with Gasteiger partial charge in [-0.25, -0.2) is 13.6 Å². The van der Waals surface area contributed by atoms with Crippen LogP contribution in [0.1, 0.15) is 6.42 Å². The van der Waals surface area contributed by atoms with Gasteiger partial charge in [-0.05, 0) is 30.3 Å². The van der Waals surface area contributed by atoms with Crippen LogP contribution in [0.3, 0.4) is 0 Å². The van der Waals surface area contributed by atoms with Crippen molar-refractivity contribution in [3.63, 3.8) is 0 Å². The molecule has 0 saturated carbocycles. The third kappa shape index (κ3) is 5.17. The minimum absolute atomic E-state index is 0.0935. The Balaban J connectivity index is 1.72. The topological polar surface area (TPSA) is 90.5 Å². The summed E-state index contributed by atoms with van der Waals surface area (Å²) < 4.78 is 26.9. The number of amides is 4. The molecule has 0 spiro atoms. The Bertz CT molecular complexity index is 1010. The molecule has 0 radical (unpaired) electrons. The van der Waals surface area contributed by atoms with E-state index in [1.807, 2.05) is 0 Å². The Morgan fingerprint density at radius 3 is 2.60 bits per heavy atom. The van der Waals surface area contributed by atoms with Crippen molar-refractivity contribution < 1.29 is 23.2 Å². The van der Waals surface area contributed by atoms with E-state index in [0.29, 0.717) is 11.1 Å². The van der Waals surface area contributed by atoms with E-state index in [1.54, 1.807) is 6.07 Å². The second kappa shape index (κ2) is 9.27. The average Bonchev–Trinajstić information content (AvgIpc) is 2.68. The number of rotatable bonds is 4. The molecule has 1 aliphatic heterocycles. The zero-order chi connectivity index (χ0) is 21.8. The Labute approximate surface area is 180 Å². The second-order valence-corrected chi connectivity index (χ2v) is 7.27. The Morgan fingerprint density at radius 1 is 1.10 bits per heavy atom. The van der Waals surface area contributed by atoms with E-state index in [9.17, 15) is 23.2 Å². The summed E-state index contributed by atoms with van der Waals surface area (Å²) in [5.74, 6) is -2.87. The lowest BCUT2D eigenvalue weighted by atomic mass is 10.1. The van der Waals surface area contributed by atoms with E-state index in [-0.39, 0.29) is 35.9 Å². The SMILES string of the molecule is O=C(C[C@H]1C(=O)NCCN1C(=O)Nc1ccc(F)cc1F)Nc1cc(Cl)ccc1Cl. The van der Waals surface area contributed by atoms with E-state index in [0.717, 1.165) is 17.0 Å². The van der Waals surface area contributed by atoms with Gasteiger partial charge in [0.25, 0.3) is 0 Å². The van der Waals surface area contributed by atoms with Gasteiger partial charge in [0, 0.05) is 24.2 Å². The van der Waals surface area contributed by atoms with Gasteiger partial charge >= 0.3 is 6.03 Å². The summed E-state index contributed by atoms with van der Waals surface area (Å²) in [6, 6.07) is 5.24. The molecule has 3 N–H and O–H groups in total. The van der Waals surface area contributed by atoms with E-state index in [2.05, 4.69) is 16.0 Å². The second-order valence-electron chi connectivity index (χ2n) is 6.43. The predicted octanol–water partition coefficient (Wildman–Crippen LogP) is 3.63. The molecule has 11 heteroatoms. The van der Waals surface area contributed by atoms with Crippen molar-refractivity contribution in [2.45, 2.75) is 12.5 Å². The highest BCUT2D eigenvalue weighted by Crippen LogP contribution is 2.26. The monoisotopic (exact) mass is 456 g/mol. The molecule has 30 heavy (non-hydrogen) atoms. The summed E-state index contributed by atoms with van der Waals surface area (Å²) in [6.07, 6.45) is -0.367. The third-order valence-corrected chi connectivity index (χ3v) is 4.91. The van der Waals surface area contributed by atoms with Gasteiger partial charge in [-0.2, -0.15) is 0 Å². The summed E-state index contributed by atoms with van der Waals surface area (Å²) in [6.45, 7) is 0.257. The molecule has 1 fully saturated rings. The maximum Gasteiger partial charge on any atom is 0.322 e. The van der Waals surface area contributed by atoms with Crippen molar-refractivity contribution in [3.8, 4) is 0 Å². The first-order chi connectivity index (χ1) is 14.2. The molecule has 0 unspecified atom stereocenters. The molecule has 1 aliphatic rings. The van der Waals surface area contributed by atoms with Crippen LogP contribution in [0.4, 0.5) is 25.0 Å². The number of nitrogens with one attached hydrogen (secondary N) is 3. The fourth-order valence-corrected chi connectivity index (χ4v) is 3.25. The lowest BCUT2D eigenvalue weighted by Crippen LogP contribution is -2.59. The molecular formula is C19H16Cl2F2N4O3. The predicted molar refractivity (Wildman–Crippen MR) is 109 cm³/mol. The van der Waals surface area contributed by atoms with Crippen LogP contribution in [0.2, 0.25) is 10.0 Å². The average molecular weight is 457 g/mol. The maximum absolute atomic E-state index is 13.8. The molecule has 2 aromatic rings. The van der Waals surface area contributed by atoms with Crippen molar-refractivity contribution in [3.05, 3.63) is 58.1 Å². The fourth-order valence-electron chi connectivity index (χ4n) is 2.91. The highest BCUT2D eigenvalue weighted by molar-refractivity contribution is 6.35. The van der Waals surface area contributed by atoms with E-state index < -0.39 is 35.5 Å². The Hall–Kier alpha value is -2.91. The first-order valence-corrected chi connectivity index (χ1v) is 9.55. The van der Waals surface area contributed by atoms with E-state index in [4.69, 9.17) is 23.2 Å². The first-order valence-electron chi connectivity index (χ1n) is 8.80. The molecule has 3 rings (SSSR count). The molecule has 0 aromatic heterocycles. The molecule has 2 aromatic carbocycles. The Kier molecular flexibility index (Phi) is 6.73. The van der Waals surface area contributed by atoms with Crippen LogP contribution in [-0.4, -0.2) is 41.9 Å². The standard InChI is InChI=1S/C19H16Cl2F2N4O3/c20-10-1-3-12(21)15(7-10)25-17(28)9-16-18(29)24-5-6-27(16)19(30)26-14-4-2-11(22)8-13(14)23/h1-4,7-8,16H,5-6,9H2,(H,24,29)(H,25,28)(H,26,30)/t16-/m0/s1. The Morgan fingerprint density at radius 2 is 1.87 bits per heavy atom. The highest BCUT2D eigenvalue weighted by atomic mass is 35.5. The number of piperazine rings is 1. The van der Waals surface area contributed by atoms with Gasteiger partial charge in [0.05, 0.1) is 22.8 Å². The van der Waals surface area contributed by atoms with Gasteiger partial charge in [-0.15, -0.1) is 0 Å². The summed E-state index contributed by atoms with van der Waals surface area (Å²) in [7, 11) is 0. The lowest BCUT2D eigenvalue weighted by Gasteiger charge is -2.34. The van der Waals surface area contributed by atoms with Crippen LogP contribution in [0.15, 0.2) is 36.4 Å². The lowest BCUT2D eigenvalue weighted by molar-refractivity contribution is -0.130. The number of urea groups is 1. The molecule has 1 atom stereocenters. The van der Waals surface area contributed by atoms with Crippen molar-refractivity contribution in [1.29, 1.82) is 0 Å². The van der Waals surface area contributed by atoms with Gasteiger partial charge in [0.15, 0.2) is 0 Å². The van der Waals surface area contributed by atoms with Gasteiger partial charge in [0.1, 0.15) is 17.7 Å². The van der Waals surface area contributed by atoms with Gasteiger partial charge in [-0.3, -0.25) is 9.59 Å². The molecule has 7 nitrogen and oxygen atoms in total. The van der Waals surface area contributed by atoms with Crippen molar-refractivity contribution in [2.75, 3.05) is 23.7 Å². The quantitative estimate of drug-likeness (QED) is 0.655. The molecule has 0 aliphatic carbocycles. The molecule has 0 bridgehead atoms. The summed E-state index contributed by atoms with van der Waals surface area (Å²) >= 11 is 11.9. The zero-order valence-corrected chi connectivity index (χ0v) is 16.9. The fraction of sp³-hybridized carbons (Fsp3) is 0.211. The molecule has 1 saturated heterocycles. The minimum atomic E-state index is -1.14. The summed E-state index contributed by atoms with van der Waals surface area (Å²) in [4.78, 5) is 38.5. The van der Waals surface area contributed by atoms with Crippen molar-refractivity contribution in [2.24, 2.45) is 0 Å². The van der Waals surface area contributed by atoms with Crippen LogP contribution < -0.4 is 16.0 Å². The normalized spacial score (nSPS) is 16.1. The van der Waals surface area contributed by atoms with Gasteiger partial charge in [0.2, 0.25) is 11.8 Å². The van der Waals surface area contributed by atoms with Crippen molar-refractivity contribution in [1.82, 2.24) is 10.2 Å². The molecule has 1 heterocycles. The van der Waals surface area contributed by atoms with Gasteiger partial charge in [-0.1, -0.05) is 23.2 Å². The maximum atomic E-state index is 13.8. The third-order valence-electron chi connectivity index (χ3n) is 4.35. The number of carbonyl (C=O) groups excluding carboxylic acids is 3. The number of hydrogen-bond donors (Lipinski definition) is 3. The van der Waals surface area contributed by atoms with Gasteiger partial charge < -0.3 is 20.9 Å². The molecule has 4 amide bonds. The molecular weight excluding hydrogens is 441 g/mol. The number of nitrogens with zero attached hydrogens (tertiary/aromatic N) is 1. The number of hydrogen-bond acceptors (Lipinski definition) is 3. The van der Waals surface area contributed by atoms with Crippen molar-refractivity contribution >= 4 is 52.4 Å². The van der Waals surface area contributed by atoms with Crippen LogP contribution in [0.5, 0.6) is 0 Å². The number of anilines is 2. The first kappa shape index (κ1) is 21.8. The smallest absolute Gasteiger partial charge is 0.322 e. The number of carbonyl (C=O) groups is 3. The highest BCUT2D eigenvalue weighted by Gasteiger charge is 2.35. The van der Waals surface area contributed by atoms with Crippen LogP contribution in [0.25, 0.3) is 0 Å².